The maximum Gasteiger partial charge on any atom is 0.345 e. The van der Waals surface area contributed by atoms with E-state index >= 15 is 0 Å². The minimum absolute atomic E-state index is 0.0170. The van der Waals surface area contributed by atoms with E-state index in [1.165, 1.54) is 0 Å². The molecule has 0 aliphatic carbocycles. The summed E-state index contributed by atoms with van der Waals surface area (Å²) in [7, 11) is 0. The van der Waals surface area contributed by atoms with Gasteiger partial charge in [-0.05, 0) is 6.42 Å². The fourth-order valence-corrected chi connectivity index (χ4v) is 3.92. The molecule has 0 spiro atoms. The number of ether oxygens (including phenoxy) is 3. The molecule has 3 heterocycles. The highest BCUT2D eigenvalue weighted by molar-refractivity contribution is 5.84. The fourth-order valence-electron chi connectivity index (χ4n) is 3.92. The molecular weight excluding hydrogens is 308 g/mol. The van der Waals surface area contributed by atoms with E-state index in [0.29, 0.717) is 6.42 Å². The number of carbonyl (C=O) groups is 1. The van der Waals surface area contributed by atoms with E-state index in [1.807, 2.05) is 6.92 Å². The molecule has 0 bridgehead atoms. The molecule has 3 fully saturated rings. The zero-order valence-electron chi connectivity index (χ0n) is 13.1. The molecule has 132 valence electrons. The third kappa shape index (κ3) is 2.40. The van der Waals surface area contributed by atoms with Crippen LogP contribution in [-0.4, -0.2) is 69.0 Å². The van der Waals surface area contributed by atoms with Crippen LogP contribution in [0.4, 0.5) is 0 Å². The molecule has 4 N–H and O–H groups in total. The van der Waals surface area contributed by atoms with Crippen molar-refractivity contribution in [1.82, 2.24) is 0 Å². The van der Waals surface area contributed by atoms with E-state index < -0.39 is 47.9 Å². The Bertz CT molecular complexity index is 470. The van der Waals surface area contributed by atoms with Gasteiger partial charge in [-0.3, -0.25) is 0 Å². The monoisotopic (exact) mass is 332 g/mol. The van der Waals surface area contributed by atoms with E-state index in [1.54, 1.807) is 0 Å². The smallest absolute Gasteiger partial charge is 0.345 e. The second-order valence-corrected chi connectivity index (χ2v) is 6.63. The van der Waals surface area contributed by atoms with Crippen LogP contribution in [0.5, 0.6) is 0 Å². The Kier molecular flexibility index (Phi) is 4.41. The molecule has 7 unspecified atom stereocenters. The number of aliphatic hydroxyl groups is 4. The highest BCUT2D eigenvalue weighted by atomic mass is 16.7. The number of rotatable bonds is 5. The lowest BCUT2D eigenvalue weighted by Gasteiger charge is -2.37. The summed E-state index contributed by atoms with van der Waals surface area (Å²) >= 11 is 0. The van der Waals surface area contributed by atoms with Crippen LogP contribution in [0.15, 0.2) is 0 Å². The molecule has 0 aromatic heterocycles. The van der Waals surface area contributed by atoms with Crippen molar-refractivity contribution >= 4 is 5.97 Å². The molecule has 0 amide bonds. The van der Waals surface area contributed by atoms with Crippen LogP contribution in [0, 0.1) is 5.92 Å². The summed E-state index contributed by atoms with van der Waals surface area (Å²) in [6, 6.07) is 0. The van der Waals surface area contributed by atoms with Gasteiger partial charge >= 0.3 is 5.97 Å². The van der Waals surface area contributed by atoms with Crippen molar-refractivity contribution in [2.45, 2.75) is 75.0 Å². The zero-order chi connectivity index (χ0) is 16.8. The van der Waals surface area contributed by atoms with Gasteiger partial charge < -0.3 is 34.6 Å². The molecule has 3 aliphatic heterocycles. The molecule has 0 aromatic carbocycles. The van der Waals surface area contributed by atoms with E-state index in [2.05, 4.69) is 0 Å². The number of fused-ring (bicyclic) bond motifs is 1. The van der Waals surface area contributed by atoms with Crippen molar-refractivity contribution in [3.63, 3.8) is 0 Å². The number of unbranched alkanes of at least 4 members (excludes halogenated alkanes) is 2. The Labute approximate surface area is 134 Å². The third-order valence-corrected chi connectivity index (χ3v) is 5.17. The number of aliphatic hydroxyl groups excluding tert-OH is 2. The summed E-state index contributed by atoms with van der Waals surface area (Å²) < 4.78 is 15.6. The Morgan fingerprint density at radius 3 is 2.70 bits per heavy atom. The van der Waals surface area contributed by atoms with E-state index in [4.69, 9.17) is 14.2 Å². The van der Waals surface area contributed by atoms with E-state index in [0.717, 1.165) is 19.3 Å². The van der Waals surface area contributed by atoms with Gasteiger partial charge in [-0.15, -0.1) is 0 Å². The van der Waals surface area contributed by atoms with Crippen LogP contribution in [0.1, 0.15) is 39.0 Å². The van der Waals surface area contributed by atoms with Gasteiger partial charge in [0.25, 0.3) is 0 Å². The van der Waals surface area contributed by atoms with Crippen molar-refractivity contribution in [2.24, 2.45) is 5.92 Å². The number of hydrogen-bond donors (Lipinski definition) is 4. The van der Waals surface area contributed by atoms with Gasteiger partial charge in [-0.1, -0.05) is 26.2 Å². The molecular formula is C15H24O8. The highest BCUT2D eigenvalue weighted by Gasteiger charge is 2.77. The van der Waals surface area contributed by atoms with Crippen LogP contribution >= 0.6 is 0 Å². The molecule has 8 nitrogen and oxygen atoms in total. The van der Waals surface area contributed by atoms with Gasteiger partial charge in [-0.2, -0.15) is 0 Å². The molecule has 23 heavy (non-hydrogen) atoms. The average Bonchev–Trinajstić information content (AvgIpc) is 3.08. The molecule has 0 aromatic rings. The summed E-state index contributed by atoms with van der Waals surface area (Å²) in [5.74, 6) is -4.25. The zero-order valence-corrected chi connectivity index (χ0v) is 13.1. The molecule has 3 saturated heterocycles. The highest BCUT2D eigenvalue weighted by Crippen LogP contribution is 2.51. The lowest BCUT2D eigenvalue weighted by molar-refractivity contribution is -0.279. The minimum atomic E-state index is -2.37. The van der Waals surface area contributed by atoms with Crippen molar-refractivity contribution in [2.75, 3.05) is 6.61 Å². The molecule has 0 radical (unpaired) electrons. The van der Waals surface area contributed by atoms with Crippen molar-refractivity contribution in [1.29, 1.82) is 0 Å². The van der Waals surface area contributed by atoms with Crippen LogP contribution in [0.3, 0.4) is 0 Å². The summed E-state index contributed by atoms with van der Waals surface area (Å²) in [5, 5.41) is 41.3. The molecule has 7 atom stereocenters. The Balaban J connectivity index is 1.86. The summed E-state index contributed by atoms with van der Waals surface area (Å²) in [4.78, 5) is 12.3. The van der Waals surface area contributed by atoms with E-state index in [9.17, 15) is 25.2 Å². The fraction of sp³-hybridized carbons (Fsp3) is 0.933. The maximum atomic E-state index is 12.3. The third-order valence-electron chi connectivity index (χ3n) is 5.17. The normalized spacial score (nSPS) is 49.4. The number of esters is 1. The Morgan fingerprint density at radius 2 is 2.00 bits per heavy atom. The topological polar surface area (TPSA) is 126 Å². The van der Waals surface area contributed by atoms with Gasteiger partial charge in [0.15, 0.2) is 12.4 Å². The van der Waals surface area contributed by atoms with Gasteiger partial charge in [0.2, 0.25) is 11.4 Å². The summed E-state index contributed by atoms with van der Waals surface area (Å²) in [6.07, 6.45) is -0.999. The lowest BCUT2D eigenvalue weighted by Crippen LogP contribution is -2.63. The van der Waals surface area contributed by atoms with Gasteiger partial charge in [0.1, 0.15) is 6.10 Å². The predicted molar refractivity (Wildman–Crippen MR) is 74.9 cm³/mol. The van der Waals surface area contributed by atoms with Crippen LogP contribution in [0.2, 0.25) is 0 Å². The van der Waals surface area contributed by atoms with Gasteiger partial charge in [0.05, 0.1) is 12.7 Å². The second kappa shape index (κ2) is 5.94. The Morgan fingerprint density at radius 1 is 1.26 bits per heavy atom. The van der Waals surface area contributed by atoms with Crippen molar-refractivity contribution < 1.29 is 39.4 Å². The van der Waals surface area contributed by atoms with Crippen molar-refractivity contribution in [3.05, 3.63) is 0 Å². The number of carbonyl (C=O) groups excluding carboxylic acids is 1. The first-order valence-electron chi connectivity index (χ1n) is 8.16. The largest absolute Gasteiger partial charge is 0.451 e. The Hall–Kier alpha value is -0.770. The molecule has 3 aliphatic rings. The lowest BCUT2D eigenvalue weighted by atomic mass is 9.75. The van der Waals surface area contributed by atoms with Crippen LogP contribution < -0.4 is 0 Å². The van der Waals surface area contributed by atoms with Gasteiger partial charge in [0, 0.05) is 12.3 Å². The summed E-state index contributed by atoms with van der Waals surface area (Å²) in [6.45, 7) is 1.80. The first kappa shape index (κ1) is 17.1. The molecule has 3 rings (SSSR count). The van der Waals surface area contributed by atoms with Crippen LogP contribution in [-0.2, 0) is 19.0 Å². The summed E-state index contributed by atoms with van der Waals surface area (Å²) in [5.41, 5.74) is -2.37. The average molecular weight is 332 g/mol. The molecule has 0 saturated carbocycles. The maximum absolute atomic E-state index is 12.3. The second-order valence-electron chi connectivity index (χ2n) is 6.63. The minimum Gasteiger partial charge on any atom is -0.451 e. The van der Waals surface area contributed by atoms with E-state index in [-0.39, 0.29) is 13.0 Å². The predicted octanol–water partition coefficient (Wildman–Crippen LogP) is -0.974. The van der Waals surface area contributed by atoms with Gasteiger partial charge in [-0.25, -0.2) is 4.79 Å². The first-order valence-corrected chi connectivity index (χ1v) is 8.16. The standard InChI is InChI=1S/C15H24O8/c1-2-3-4-5-10-8(6-11(17)22-10)14(19)13(18)23-12-9(16)7-21-15(12,14)20/h8-12,16-17,19-20H,2-7H2,1H3. The molecule has 8 heteroatoms. The SMILES string of the molecule is CCCCCC1OC(O)CC1C1(O)C(=O)OC2C(O)COC21O. The van der Waals surface area contributed by atoms with Crippen molar-refractivity contribution in [3.8, 4) is 0 Å². The first-order chi connectivity index (χ1) is 10.8. The quantitative estimate of drug-likeness (QED) is 0.374. The number of hydrogen-bond acceptors (Lipinski definition) is 8. The van der Waals surface area contributed by atoms with Crippen LogP contribution in [0.25, 0.3) is 0 Å².